The number of hydrogen-bond acceptors (Lipinski definition) is 5. The number of ether oxygens (including phenoxy) is 1. The number of aromatic nitrogens is 5. The summed E-state index contributed by atoms with van der Waals surface area (Å²) in [5, 5.41) is 17.9. The highest BCUT2D eigenvalue weighted by Gasteiger charge is 2.12. The number of amides is 1. The average molecular weight is 348 g/mol. The van der Waals surface area contributed by atoms with Gasteiger partial charge in [0, 0.05) is 22.2 Å². The number of nitrogens with zero attached hydrogens (tertiary/aromatic N) is 3. The molecule has 0 spiro atoms. The molecule has 130 valence electrons. The standard InChI is InChI=1S/C18H16N6O2/c1-2-26-18(25)21-13-5-3-4-11(8-13)16-14-9-12(17-19-10-20-24-17)6-7-15(14)22-23-16/h3-10H,2H2,1H3,(H,21,25)(H,22,23)(H,19,20,24). The van der Waals surface area contributed by atoms with Crippen molar-refractivity contribution in [2.45, 2.75) is 6.92 Å². The van der Waals surface area contributed by atoms with Crippen molar-refractivity contribution < 1.29 is 9.53 Å². The van der Waals surface area contributed by atoms with Crippen LogP contribution in [0.15, 0.2) is 48.8 Å². The summed E-state index contributed by atoms with van der Waals surface area (Å²) in [4.78, 5) is 15.8. The maximum Gasteiger partial charge on any atom is 0.411 e. The average Bonchev–Trinajstić information content (AvgIpc) is 3.31. The molecule has 0 saturated carbocycles. The van der Waals surface area contributed by atoms with E-state index < -0.39 is 6.09 Å². The molecule has 0 saturated heterocycles. The van der Waals surface area contributed by atoms with Gasteiger partial charge in [-0.25, -0.2) is 9.78 Å². The first-order chi connectivity index (χ1) is 12.7. The Balaban J connectivity index is 1.72. The minimum absolute atomic E-state index is 0.319. The van der Waals surface area contributed by atoms with Gasteiger partial charge >= 0.3 is 6.09 Å². The second-order valence-electron chi connectivity index (χ2n) is 5.59. The largest absolute Gasteiger partial charge is 0.450 e. The quantitative estimate of drug-likeness (QED) is 0.522. The minimum Gasteiger partial charge on any atom is -0.450 e. The van der Waals surface area contributed by atoms with Gasteiger partial charge in [0.15, 0.2) is 5.82 Å². The molecule has 4 aromatic rings. The molecule has 2 heterocycles. The molecule has 0 unspecified atom stereocenters. The summed E-state index contributed by atoms with van der Waals surface area (Å²) in [6.07, 6.45) is 0.990. The van der Waals surface area contributed by atoms with Crippen molar-refractivity contribution in [1.29, 1.82) is 0 Å². The Morgan fingerprint density at radius 2 is 2.08 bits per heavy atom. The van der Waals surface area contributed by atoms with E-state index in [0.717, 1.165) is 27.7 Å². The highest BCUT2D eigenvalue weighted by atomic mass is 16.5. The van der Waals surface area contributed by atoms with Crippen molar-refractivity contribution in [3.8, 4) is 22.6 Å². The summed E-state index contributed by atoms with van der Waals surface area (Å²) in [6.45, 7) is 2.08. The fraction of sp³-hybridized carbons (Fsp3) is 0.111. The second-order valence-corrected chi connectivity index (χ2v) is 5.59. The first kappa shape index (κ1) is 15.8. The molecule has 0 aliphatic rings. The molecule has 0 aliphatic heterocycles. The third-order valence-electron chi connectivity index (χ3n) is 3.91. The van der Waals surface area contributed by atoms with Crippen LogP contribution in [0.1, 0.15) is 6.92 Å². The normalized spacial score (nSPS) is 10.8. The van der Waals surface area contributed by atoms with E-state index >= 15 is 0 Å². The highest BCUT2D eigenvalue weighted by molar-refractivity contribution is 5.96. The Hall–Kier alpha value is -3.68. The van der Waals surface area contributed by atoms with Gasteiger partial charge in [0.1, 0.15) is 6.33 Å². The highest BCUT2D eigenvalue weighted by Crippen LogP contribution is 2.30. The van der Waals surface area contributed by atoms with Gasteiger partial charge in [-0.1, -0.05) is 12.1 Å². The molecule has 0 fully saturated rings. The summed E-state index contributed by atoms with van der Waals surface area (Å²) >= 11 is 0. The van der Waals surface area contributed by atoms with Crippen LogP contribution >= 0.6 is 0 Å². The van der Waals surface area contributed by atoms with Gasteiger partial charge < -0.3 is 4.74 Å². The molecule has 0 aliphatic carbocycles. The van der Waals surface area contributed by atoms with Crippen molar-refractivity contribution in [2.75, 3.05) is 11.9 Å². The molecule has 0 radical (unpaired) electrons. The lowest BCUT2D eigenvalue weighted by Crippen LogP contribution is -2.13. The molecule has 1 amide bonds. The van der Waals surface area contributed by atoms with Crippen LogP contribution in [-0.4, -0.2) is 38.1 Å². The predicted octanol–water partition coefficient (Wildman–Crippen LogP) is 3.58. The van der Waals surface area contributed by atoms with E-state index in [1.807, 2.05) is 36.4 Å². The number of rotatable bonds is 4. The Morgan fingerprint density at radius 3 is 2.88 bits per heavy atom. The monoisotopic (exact) mass is 348 g/mol. The lowest BCUT2D eigenvalue weighted by Gasteiger charge is -2.06. The number of benzene rings is 2. The maximum atomic E-state index is 11.6. The number of nitrogens with one attached hydrogen (secondary N) is 3. The molecular formula is C18H16N6O2. The van der Waals surface area contributed by atoms with Crippen molar-refractivity contribution in [3.63, 3.8) is 0 Å². The van der Waals surface area contributed by atoms with Crippen molar-refractivity contribution in [1.82, 2.24) is 25.4 Å². The molecule has 8 heteroatoms. The van der Waals surface area contributed by atoms with Gasteiger partial charge in [-0.3, -0.25) is 15.5 Å². The lowest BCUT2D eigenvalue weighted by molar-refractivity contribution is 0.168. The zero-order valence-electron chi connectivity index (χ0n) is 14.0. The number of H-pyrrole nitrogens is 2. The van der Waals surface area contributed by atoms with Crippen molar-refractivity contribution in [3.05, 3.63) is 48.8 Å². The third-order valence-corrected chi connectivity index (χ3v) is 3.91. The Bertz CT molecular complexity index is 1050. The second kappa shape index (κ2) is 6.67. The molecule has 2 aromatic carbocycles. The van der Waals surface area contributed by atoms with Crippen LogP contribution < -0.4 is 5.32 Å². The first-order valence-electron chi connectivity index (χ1n) is 8.12. The van der Waals surface area contributed by atoms with Gasteiger partial charge in [0.05, 0.1) is 17.8 Å². The molecule has 0 bridgehead atoms. The van der Waals surface area contributed by atoms with E-state index in [1.165, 1.54) is 6.33 Å². The topological polar surface area (TPSA) is 109 Å². The number of hydrogen-bond donors (Lipinski definition) is 3. The summed E-state index contributed by atoms with van der Waals surface area (Å²) in [5.74, 6) is 0.691. The van der Waals surface area contributed by atoms with Crippen LogP contribution in [0.25, 0.3) is 33.5 Å². The zero-order valence-corrected chi connectivity index (χ0v) is 14.0. The maximum absolute atomic E-state index is 11.6. The molecule has 2 aromatic heterocycles. The first-order valence-corrected chi connectivity index (χ1v) is 8.12. The Morgan fingerprint density at radius 1 is 1.15 bits per heavy atom. The zero-order chi connectivity index (χ0) is 17.9. The molecule has 26 heavy (non-hydrogen) atoms. The number of fused-ring (bicyclic) bond motifs is 1. The summed E-state index contributed by atoms with van der Waals surface area (Å²) in [6, 6.07) is 13.3. The van der Waals surface area contributed by atoms with E-state index in [4.69, 9.17) is 4.74 Å². The van der Waals surface area contributed by atoms with Gasteiger partial charge in [0.25, 0.3) is 0 Å². The van der Waals surface area contributed by atoms with E-state index in [2.05, 4.69) is 30.7 Å². The van der Waals surface area contributed by atoms with E-state index in [-0.39, 0.29) is 0 Å². The van der Waals surface area contributed by atoms with Gasteiger partial charge in [-0.15, -0.1) is 0 Å². The van der Waals surface area contributed by atoms with Gasteiger partial charge in [-0.2, -0.15) is 10.2 Å². The SMILES string of the molecule is CCOC(=O)Nc1cccc(-c2n[nH]c3ccc(-c4ncn[nH]4)cc23)c1. The Kier molecular flexibility index (Phi) is 4.06. The van der Waals surface area contributed by atoms with Crippen LogP contribution in [0.4, 0.5) is 10.5 Å². The van der Waals surface area contributed by atoms with Crippen LogP contribution in [0.2, 0.25) is 0 Å². The smallest absolute Gasteiger partial charge is 0.411 e. The molecule has 8 nitrogen and oxygen atoms in total. The van der Waals surface area contributed by atoms with E-state index in [9.17, 15) is 4.79 Å². The van der Waals surface area contributed by atoms with Gasteiger partial charge in [-0.05, 0) is 37.3 Å². The summed E-state index contributed by atoms with van der Waals surface area (Å²) in [7, 11) is 0. The van der Waals surface area contributed by atoms with Crippen molar-refractivity contribution in [2.24, 2.45) is 0 Å². The molecular weight excluding hydrogens is 332 g/mol. The fourth-order valence-corrected chi connectivity index (χ4v) is 2.76. The van der Waals surface area contributed by atoms with Crippen LogP contribution in [0, 0.1) is 0 Å². The number of carbonyl (C=O) groups is 1. The van der Waals surface area contributed by atoms with Crippen LogP contribution in [-0.2, 0) is 4.74 Å². The van der Waals surface area contributed by atoms with Crippen LogP contribution in [0.5, 0.6) is 0 Å². The predicted molar refractivity (Wildman–Crippen MR) is 97.6 cm³/mol. The Labute approximate surface area is 148 Å². The van der Waals surface area contributed by atoms with Crippen LogP contribution in [0.3, 0.4) is 0 Å². The molecule has 4 rings (SSSR count). The van der Waals surface area contributed by atoms with E-state index in [1.54, 1.807) is 13.0 Å². The number of anilines is 1. The van der Waals surface area contributed by atoms with Gasteiger partial charge in [0.2, 0.25) is 0 Å². The van der Waals surface area contributed by atoms with E-state index in [0.29, 0.717) is 18.1 Å². The summed E-state index contributed by atoms with van der Waals surface area (Å²) in [5.41, 5.74) is 4.13. The third kappa shape index (κ3) is 3.00. The fourth-order valence-electron chi connectivity index (χ4n) is 2.76. The summed E-state index contributed by atoms with van der Waals surface area (Å²) < 4.78 is 4.92. The minimum atomic E-state index is -0.482. The molecule has 3 N–H and O–H groups in total. The lowest BCUT2D eigenvalue weighted by atomic mass is 10.0. The number of carbonyl (C=O) groups excluding carboxylic acids is 1. The van der Waals surface area contributed by atoms with Crippen molar-refractivity contribution >= 4 is 22.7 Å². The number of aromatic amines is 2. The molecule has 0 atom stereocenters.